The number of benzene rings is 2. The molecular formula is C23H23N3O5. The molecule has 0 aliphatic carbocycles. The molecule has 1 heterocycles. The Labute approximate surface area is 179 Å². The highest BCUT2D eigenvalue weighted by Crippen LogP contribution is 2.20. The van der Waals surface area contributed by atoms with Crippen molar-refractivity contribution in [3.8, 4) is 0 Å². The molecule has 31 heavy (non-hydrogen) atoms. The smallest absolute Gasteiger partial charge is 0.344 e. The lowest BCUT2D eigenvalue weighted by Crippen LogP contribution is -2.63. The maximum Gasteiger partial charge on any atom is 0.344 e. The van der Waals surface area contributed by atoms with Gasteiger partial charge in [-0.05, 0) is 38.1 Å². The van der Waals surface area contributed by atoms with E-state index in [1.807, 2.05) is 12.1 Å². The molecule has 3 aromatic rings. The second-order valence-corrected chi connectivity index (χ2v) is 6.69. The molecule has 0 aliphatic heterocycles. The highest BCUT2D eigenvalue weighted by atomic mass is 16.6. The summed E-state index contributed by atoms with van der Waals surface area (Å²) in [5.74, 6) is -2.46. The van der Waals surface area contributed by atoms with Crippen LogP contribution < -0.4 is 5.32 Å². The summed E-state index contributed by atoms with van der Waals surface area (Å²) in [6, 6.07) is 15.5. The van der Waals surface area contributed by atoms with Crippen LogP contribution in [-0.4, -0.2) is 46.6 Å². The third kappa shape index (κ3) is 4.85. The number of hydrogen-bond acceptors (Lipinski definition) is 7. The van der Waals surface area contributed by atoms with Gasteiger partial charge in [0, 0.05) is 18.2 Å². The number of rotatable bonds is 8. The largest absolute Gasteiger partial charge is 0.464 e. The zero-order valence-electron chi connectivity index (χ0n) is 17.3. The molecule has 0 fully saturated rings. The molecule has 8 nitrogen and oxygen atoms in total. The van der Waals surface area contributed by atoms with Gasteiger partial charge in [0.15, 0.2) is 0 Å². The van der Waals surface area contributed by atoms with Crippen molar-refractivity contribution in [2.45, 2.75) is 25.8 Å². The van der Waals surface area contributed by atoms with E-state index in [9.17, 15) is 14.4 Å². The van der Waals surface area contributed by atoms with Crippen LogP contribution in [0.15, 0.2) is 60.8 Å². The molecule has 1 amide bonds. The number of nitrogens with one attached hydrogen (secondary N) is 1. The maximum atomic E-state index is 13.0. The highest BCUT2D eigenvalue weighted by molar-refractivity contribution is 6.10. The first-order chi connectivity index (χ1) is 15.0. The molecule has 0 spiro atoms. The van der Waals surface area contributed by atoms with Gasteiger partial charge in [0.25, 0.3) is 5.91 Å². The molecule has 2 aromatic carbocycles. The van der Waals surface area contributed by atoms with Crippen LogP contribution in [0, 0.1) is 0 Å². The number of nitrogens with zero attached hydrogens (tertiary/aromatic N) is 2. The maximum absolute atomic E-state index is 13.0. The number of carbonyl (C=O) groups is 3. The van der Waals surface area contributed by atoms with E-state index < -0.39 is 23.4 Å². The predicted octanol–water partition coefficient (Wildman–Crippen LogP) is 2.47. The lowest BCUT2D eigenvalue weighted by atomic mass is 9.92. The number of carbonyl (C=O) groups excluding carboxylic acids is 3. The third-order valence-electron chi connectivity index (χ3n) is 4.56. The number of esters is 2. The Hall–Kier alpha value is -3.81. The molecule has 0 saturated carbocycles. The Morgan fingerprint density at radius 1 is 0.871 bits per heavy atom. The van der Waals surface area contributed by atoms with Gasteiger partial charge in [-0.2, -0.15) is 0 Å². The number of amides is 1. The molecule has 0 radical (unpaired) electrons. The summed E-state index contributed by atoms with van der Waals surface area (Å²) < 4.78 is 10.3. The lowest BCUT2D eigenvalue weighted by Gasteiger charge is -2.29. The van der Waals surface area contributed by atoms with Gasteiger partial charge in [0.2, 0.25) is 5.54 Å². The van der Waals surface area contributed by atoms with Crippen molar-refractivity contribution in [1.29, 1.82) is 0 Å². The lowest BCUT2D eigenvalue weighted by molar-refractivity contribution is -0.165. The topological polar surface area (TPSA) is 107 Å². The number of para-hydroxylation sites is 2. The zero-order chi connectivity index (χ0) is 22.3. The summed E-state index contributed by atoms with van der Waals surface area (Å²) in [5, 5.41) is 2.56. The average Bonchev–Trinajstić information content (AvgIpc) is 2.79. The number of fused-ring (bicyclic) bond motifs is 1. The minimum atomic E-state index is -2.11. The fraction of sp³-hybridized carbons (Fsp3) is 0.261. The van der Waals surface area contributed by atoms with Gasteiger partial charge in [-0.1, -0.05) is 30.3 Å². The van der Waals surface area contributed by atoms with Crippen LogP contribution >= 0.6 is 0 Å². The van der Waals surface area contributed by atoms with Crippen molar-refractivity contribution in [3.05, 3.63) is 72.1 Å². The molecule has 0 bridgehead atoms. The summed E-state index contributed by atoms with van der Waals surface area (Å²) in [5.41, 5.74) is -0.248. The van der Waals surface area contributed by atoms with E-state index in [2.05, 4.69) is 15.3 Å². The van der Waals surface area contributed by atoms with Gasteiger partial charge in [0.05, 0.1) is 29.9 Å². The predicted molar refractivity (Wildman–Crippen MR) is 113 cm³/mol. The summed E-state index contributed by atoms with van der Waals surface area (Å²) in [4.78, 5) is 47.8. The first kappa shape index (κ1) is 21.9. The Morgan fingerprint density at radius 2 is 1.45 bits per heavy atom. The summed E-state index contributed by atoms with van der Waals surface area (Å²) >= 11 is 0. The van der Waals surface area contributed by atoms with Gasteiger partial charge < -0.3 is 14.8 Å². The van der Waals surface area contributed by atoms with Gasteiger partial charge in [-0.25, -0.2) is 14.6 Å². The first-order valence-corrected chi connectivity index (χ1v) is 9.93. The fourth-order valence-electron chi connectivity index (χ4n) is 3.09. The van der Waals surface area contributed by atoms with E-state index in [1.165, 1.54) is 6.20 Å². The molecule has 1 aromatic heterocycles. The molecule has 0 aliphatic rings. The van der Waals surface area contributed by atoms with Crippen LogP contribution in [0.3, 0.4) is 0 Å². The van der Waals surface area contributed by atoms with Gasteiger partial charge in [-0.3, -0.25) is 9.78 Å². The quantitative estimate of drug-likeness (QED) is 0.440. The van der Waals surface area contributed by atoms with Crippen molar-refractivity contribution in [1.82, 2.24) is 15.3 Å². The van der Waals surface area contributed by atoms with Crippen LogP contribution in [0.2, 0.25) is 0 Å². The monoisotopic (exact) mass is 421 g/mol. The molecule has 0 atom stereocenters. The first-order valence-electron chi connectivity index (χ1n) is 9.93. The number of hydrogen-bond donors (Lipinski definition) is 1. The van der Waals surface area contributed by atoms with E-state index in [-0.39, 0.29) is 25.2 Å². The van der Waals surface area contributed by atoms with Crippen molar-refractivity contribution in [2.75, 3.05) is 13.2 Å². The van der Waals surface area contributed by atoms with E-state index >= 15 is 0 Å². The van der Waals surface area contributed by atoms with Gasteiger partial charge >= 0.3 is 11.9 Å². The van der Waals surface area contributed by atoms with Crippen molar-refractivity contribution < 1.29 is 23.9 Å². The highest BCUT2D eigenvalue weighted by Gasteiger charge is 2.51. The van der Waals surface area contributed by atoms with Gasteiger partial charge in [0.1, 0.15) is 0 Å². The summed E-state index contributed by atoms with van der Waals surface area (Å²) in [6.45, 7) is 3.26. The zero-order valence-corrected chi connectivity index (χ0v) is 17.3. The van der Waals surface area contributed by atoms with Crippen LogP contribution in [0.4, 0.5) is 0 Å². The van der Waals surface area contributed by atoms with E-state index in [0.29, 0.717) is 16.7 Å². The summed E-state index contributed by atoms with van der Waals surface area (Å²) in [6.07, 6.45) is 1.19. The normalized spacial score (nSPS) is 11.0. The van der Waals surface area contributed by atoms with Gasteiger partial charge in [-0.15, -0.1) is 0 Å². The second-order valence-electron chi connectivity index (χ2n) is 6.69. The van der Waals surface area contributed by atoms with E-state index in [1.54, 1.807) is 56.3 Å². The second kappa shape index (κ2) is 9.80. The van der Waals surface area contributed by atoms with Crippen LogP contribution in [-0.2, 0) is 25.5 Å². The Kier molecular flexibility index (Phi) is 6.92. The fourth-order valence-corrected chi connectivity index (χ4v) is 3.09. The van der Waals surface area contributed by atoms with Crippen molar-refractivity contribution >= 4 is 28.9 Å². The average molecular weight is 421 g/mol. The Balaban J connectivity index is 2.06. The SMILES string of the molecule is CCOC(=O)C(Cc1cnc2ccccc2n1)(NC(=O)c1ccccc1)C(=O)OCC. The van der Waals surface area contributed by atoms with E-state index in [0.717, 1.165) is 0 Å². The number of aromatic nitrogens is 2. The molecule has 1 N–H and O–H groups in total. The molecule has 0 unspecified atom stereocenters. The molecule has 8 heteroatoms. The number of ether oxygens (including phenoxy) is 2. The minimum absolute atomic E-state index is 0.0184. The molecule has 3 rings (SSSR count). The van der Waals surface area contributed by atoms with Crippen LogP contribution in [0.25, 0.3) is 11.0 Å². The Bertz CT molecular complexity index is 1070. The molecule has 0 saturated heterocycles. The standard InChI is InChI=1S/C23H23N3O5/c1-3-30-21(28)23(22(29)31-4-2,26-20(27)16-10-6-5-7-11-16)14-17-15-24-18-12-8-9-13-19(18)25-17/h5-13,15H,3-4,14H2,1-2H3,(H,26,27). The van der Waals surface area contributed by atoms with Crippen molar-refractivity contribution in [2.24, 2.45) is 0 Å². The minimum Gasteiger partial charge on any atom is -0.464 e. The molecule has 160 valence electrons. The van der Waals surface area contributed by atoms with Crippen LogP contribution in [0.5, 0.6) is 0 Å². The van der Waals surface area contributed by atoms with E-state index in [4.69, 9.17) is 9.47 Å². The third-order valence-corrected chi connectivity index (χ3v) is 4.56. The van der Waals surface area contributed by atoms with Crippen molar-refractivity contribution in [3.63, 3.8) is 0 Å². The van der Waals surface area contributed by atoms with Crippen LogP contribution in [0.1, 0.15) is 29.9 Å². The summed E-state index contributed by atoms with van der Waals surface area (Å²) in [7, 11) is 0. The Morgan fingerprint density at radius 3 is 2.06 bits per heavy atom. The molecular weight excluding hydrogens is 398 g/mol.